The topological polar surface area (TPSA) is 134 Å². The summed E-state index contributed by atoms with van der Waals surface area (Å²) in [5, 5.41) is 2.94. The Morgan fingerprint density at radius 1 is 1.13 bits per heavy atom. The lowest BCUT2D eigenvalue weighted by atomic mass is 9.83. The van der Waals surface area contributed by atoms with E-state index in [9.17, 15) is 18.0 Å². The minimum Gasteiger partial charge on any atom is -0.453 e. The number of imidazole rings is 1. The van der Waals surface area contributed by atoms with Crippen molar-refractivity contribution in [1.82, 2.24) is 19.2 Å². The van der Waals surface area contributed by atoms with Crippen molar-refractivity contribution in [2.75, 3.05) is 38.3 Å². The third-order valence-corrected chi connectivity index (χ3v) is 8.76. The molecule has 2 saturated heterocycles. The van der Waals surface area contributed by atoms with Gasteiger partial charge in [-0.1, -0.05) is 23.7 Å². The number of H-pyrrole nitrogens is 1. The molecule has 2 fully saturated rings. The van der Waals surface area contributed by atoms with Gasteiger partial charge in [0.05, 0.1) is 19.4 Å². The molecule has 4 rings (SSSR count). The third kappa shape index (κ3) is 7.03. The van der Waals surface area contributed by atoms with Gasteiger partial charge in [-0.2, -0.15) is 0 Å². The Bertz CT molecular complexity index is 1300. The number of halogens is 1. The van der Waals surface area contributed by atoms with Gasteiger partial charge < -0.3 is 14.5 Å². The summed E-state index contributed by atoms with van der Waals surface area (Å²) < 4.78 is 35.8. The summed E-state index contributed by atoms with van der Waals surface area (Å²) in [6.45, 7) is 6.94. The highest BCUT2D eigenvalue weighted by molar-refractivity contribution is 7.88. The summed E-state index contributed by atoms with van der Waals surface area (Å²) >= 11 is 6.58. The fourth-order valence-electron chi connectivity index (χ4n) is 5.27. The summed E-state index contributed by atoms with van der Waals surface area (Å²) in [5.74, 6) is 1.01. The van der Waals surface area contributed by atoms with Gasteiger partial charge in [0.25, 0.3) is 0 Å². The lowest BCUT2D eigenvalue weighted by Gasteiger charge is -2.33. The summed E-state index contributed by atoms with van der Waals surface area (Å²) in [7, 11) is -1.92. The Labute approximate surface area is 234 Å². The van der Waals surface area contributed by atoms with E-state index in [1.54, 1.807) is 29.2 Å². The molecule has 2 amide bonds. The predicted molar refractivity (Wildman–Crippen MR) is 148 cm³/mol. The Balaban J connectivity index is 1.56. The second-order valence-corrected chi connectivity index (χ2v) is 13.5. The van der Waals surface area contributed by atoms with E-state index in [0.29, 0.717) is 48.4 Å². The minimum atomic E-state index is -3.22. The van der Waals surface area contributed by atoms with Crippen molar-refractivity contribution in [1.29, 1.82) is 0 Å². The van der Waals surface area contributed by atoms with Crippen LogP contribution in [-0.4, -0.2) is 78.4 Å². The molecule has 11 nitrogen and oxygen atoms in total. The van der Waals surface area contributed by atoms with E-state index in [-0.39, 0.29) is 17.9 Å². The highest BCUT2D eigenvalue weighted by Gasteiger charge is 2.44. The van der Waals surface area contributed by atoms with Crippen LogP contribution in [0.15, 0.2) is 24.3 Å². The molecule has 0 unspecified atom stereocenters. The van der Waals surface area contributed by atoms with Crippen LogP contribution in [0.25, 0.3) is 11.3 Å². The molecule has 3 heterocycles. The maximum Gasteiger partial charge on any atom is 0.411 e. The van der Waals surface area contributed by atoms with E-state index in [1.165, 1.54) is 17.7 Å². The zero-order chi connectivity index (χ0) is 28.5. The van der Waals surface area contributed by atoms with Crippen LogP contribution in [0.1, 0.15) is 51.9 Å². The van der Waals surface area contributed by atoms with Crippen molar-refractivity contribution in [2.45, 2.75) is 51.7 Å². The zero-order valence-corrected chi connectivity index (χ0v) is 24.4. The number of benzene rings is 1. The molecular weight excluding hydrogens is 546 g/mol. The van der Waals surface area contributed by atoms with Gasteiger partial charge in [-0.15, -0.1) is 0 Å². The number of likely N-dealkylation sites (tertiary alicyclic amines) is 1. The van der Waals surface area contributed by atoms with Gasteiger partial charge in [0.2, 0.25) is 10.0 Å². The van der Waals surface area contributed by atoms with Gasteiger partial charge in [-0.3, -0.25) is 10.2 Å². The molecule has 0 bridgehead atoms. The number of aromatic nitrogens is 2. The molecule has 0 saturated carbocycles. The van der Waals surface area contributed by atoms with E-state index in [2.05, 4.69) is 15.0 Å². The maximum absolute atomic E-state index is 13.3. The lowest BCUT2D eigenvalue weighted by molar-refractivity contribution is 0.0209. The van der Waals surface area contributed by atoms with Crippen LogP contribution in [0.3, 0.4) is 0 Å². The van der Waals surface area contributed by atoms with Crippen molar-refractivity contribution in [2.24, 2.45) is 11.8 Å². The lowest BCUT2D eigenvalue weighted by Crippen LogP contribution is -2.40. The summed E-state index contributed by atoms with van der Waals surface area (Å²) in [5.41, 5.74) is 1.18. The van der Waals surface area contributed by atoms with Crippen molar-refractivity contribution >= 4 is 39.5 Å². The number of piperidine rings is 1. The average Bonchev–Trinajstić information content (AvgIpc) is 3.47. The summed E-state index contributed by atoms with van der Waals surface area (Å²) in [6.07, 6.45) is 2.39. The van der Waals surface area contributed by atoms with Crippen molar-refractivity contribution in [3.8, 4) is 11.3 Å². The third-order valence-electron chi connectivity index (χ3n) is 7.18. The monoisotopic (exact) mass is 581 g/mol. The molecule has 1 aromatic heterocycles. The Morgan fingerprint density at radius 2 is 1.77 bits per heavy atom. The van der Waals surface area contributed by atoms with Gasteiger partial charge in [0, 0.05) is 30.9 Å². The molecule has 214 valence electrons. The van der Waals surface area contributed by atoms with Crippen LogP contribution in [0.5, 0.6) is 0 Å². The first-order valence-electron chi connectivity index (χ1n) is 12.9. The van der Waals surface area contributed by atoms with Gasteiger partial charge in [-0.25, -0.2) is 27.3 Å². The van der Waals surface area contributed by atoms with E-state index < -0.39 is 27.8 Å². The van der Waals surface area contributed by atoms with Gasteiger partial charge in [-0.05, 0) is 64.0 Å². The Hall–Kier alpha value is -2.83. The Kier molecular flexibility index (Phi) is 8.48. The first-order valence-corrected chi connectivity index (χ1v) is 15.1. The number of anilines is 1. The van der Waals surface area contributed by atoms with Crippen LogP contribution in [0.4, 0.5) is 15.3 Å². The highest BCUT2D eigenvalue weighted by atomic mass is 35.5. The molecule has 13 heteroatoms. The second kappa shape index (κ2) is 11.3. The molecule has 0 aliphatic carbocycles. The number of hydrogen-bond donors (Lipinski definition) is 2. The number of sulfonamides is 1. The SMILES string of the molecule is COC(=O)Nc1ccc(-c2nc([C@@H]3C[C@H](C4CCN(S(C)(=O)=O)CC4)CN3C(=O)OC(C)(C)C)[nH]c2Cl)cc1. The maximum atomic E-state index is 13.3. The van der Waals surface area contributed by atoms with Crippen molar-refractivity contribution in [3.05, 3.63) is 35.2 Å². The fourth-order valence-corrected chi connectivity index (χ4v) is 6.39. The number of nitrogens with zero attached hydrogens (tertiary/aromatic N) is 3. The van der Waals surface area contributed by atoms with E-state index in [1.807, 2.05) is 20.8 Å². The molecule has 39 heavy (non-hydrogen) atoms. The number of amides is 2. The average molecular weight is 582 g/mol. The van der Waals surface area contributed by atoms with Crippen molar-refractivity contribution < 1.29 is 27.5 Å². The van der Waals surface area contributed by atoms with Crippen LogP contribution in [0.2, 0.25) is 5.15 Å². The van der Waals surface area contributed by atoms with Crippen LogP contribution >= 0.6 is 11.6 Å². The van der Waals surface area contributed by atoms with E-state index in [0.717, 1.165) is 18.4 Å². The van der Waals surface area contributed by atoms with E-state index >= 15 is 0 Å². The molecule has 0 spiro atoms. The summed E-state index contributed by atoms with van der Waals surface area (Å²) in [4.78, 5) is 34.4. The molecule has 2 aliphatic heterocycles. The molecule has 2 aromatic rings. The highest BCUT2D eigenvalue weighted by Crippen LogP contribution is 2.43. The van der Waals surface area contributed by atoms with Crippen molar-refractivity contribution in [3.63, 3.8) is 0 Å². The fraction of sp³-hybridized carbons (Fsp3) is 0.577. The zero-order valence-electron chi connectivity index (χ0n) is 22.9. The quantitative estimate of drug-likeness (QED) is 0.514. The molecule has 1 aromatic carbocycles. The standard InChI is InChI=1S/C26H36ClN5O6S/c1-26(2,3)38-25(34)32-15-18(16-10-12-31(13-11-16)39(5,35)36)14-20(32)23-29-21(22(27)30-23)17-6-8-19(9-7-17)28-24(33)37-4/h6-9,16,18,20H,10-15H2,1-5H3,(H,28,33)(H,29,30)/t18-,20-/m0/s1. The van der Waals surface area contributed by atoms with Gasteiger partial charge in [0.15, 0.2) is 0 Å². The number of carbonyl (C=O) groups is 2. The van der Waals surface area contributed by atoms with Crippen LogP contribution < -0.4 is 5.32 Å². The number of ether oxygens (including phenoxy) is 2. The minimum absolute atomic E-state index is 0.167. The van der Waals surface area contributed by atoms with Crippen LogP contribution in [-0.2, 0) is 19.5 Å². The number of carbonyl (C=O) groups excluding carboxylic acids is 2. The van der Waals surface area contributed by atoms with Gasteiger partial charge in [0.1, 0.15) is 22.3 Å². The number of hydrogen-bond acceptors (Lipinski definition) is 7. The number of rotatable bonds is 5. The molecular formula is C26H36ClN5O6S. The molecule has 2 aliphatic rings. The number of aromatic amines is 1. The molecule has 2 atom stereocenters. The first-order chi connectivity index (χ1) is 18.2. The summed E-state index contributed by atoms with van der Waals surface area (Å²) in [6, 6.07) is 6.65. The largest absolute Gasteiger partial charge is 0.453 e. The first kappa shape index (κ1) is 29.2. The van der Waals surface area contributed by atoms with Gasteiger partial charge >= 0.3 is 12.2 Å². The number of nitrogens with one attached hydrogen (secondary N) is 2. The van der Waals surface area contributed by atoms with Crippen LogP contribution in [0, 0.1) is 11.8 Å². The molecule has 0 radical (unpaired) electrons. The smallest absolute Gasteiger partial charge is 0.411 e. The molecule has 2 N–H and O–H groups in total. The Morgan fingerprint density at radius 3 is 2.33 bits per heavy atom. The predicted octanol–water partition coefficient (Wildman–Crippen LogP) is 4.88. The normalized spacial score (nSPS) is 21.1. The number of methoxy groups -OCH3 is 1. The second-order valence-electron chi connectivity index (χ2n) is 11.1. The van der Waals surface area contributed by atoms with E-state index in [4.69, 9.17) is 21.3 Å².